The van der Waals surface area contributed by atoms with Crippen LogP contribution < -0.4 is 10.3 Å². The third kappa shape index (κ3) is 6.00. The summed E-state index contributed by atoms with van der Waals surface area (Å²) in [6.45, 7) is 1.29. The van der Waals surface area contributed by atoms with E-state index in [1.807, 2.05) is 24.3 Å². The summed E-state index contributed by atoms with van der Waals surface area (Å²) in [6.07, 6.45) is 8.06. The van der Waals surface area contributed by atoms with E-state index >= 15 is 0 Å². The topological polar surface area (TPSA) is 62.4 Å². The van der Waals surface area contributed by atoms with E-state index in [4.69, 9.17) is 4.74 Å². The molecule has 2 aromatic carbocycles. The molecule has 168 valence electrons. The molecule has 1 fully saturated rings. The SMILES string of the molecule is O=C(CCCOc1ccc2[nH]c(=O)ccc2c1)N(CCc1ccccc1)C1CCCCC1. The van der Waals surface area contributed by atoms with Crippen molar-refractivity contribution in [3.8, 4) is 5.75 Å². The van der Waals surface area contributed by atoms with Gasteiger partial charge >= 0.3 is 0 Å². The number of fused-ring (bicyclic) bond motifs is 1. The number of aromatic nitrogens is 1. The zero-order valence-corrected chi connectivity index (χ0v) is 18.6. The molecule has 0 saturated heterocycles. The van der Waals surface area contributed by atoms with Gasteiger partial charge in [-0.1, -0.05) is 49.6 Å². The predicted octanol–water partition coefficient (Wildman–Crippen LogP) is 5.09. The minimum atomic E-state index is -0.112. The van der Waals surface area contributed by atoms with Crippen molar-refractivity contribution in [2.75, 3.05) is 13.2 Å². The Balaban J connectivity index is 1.30. The molecule has 0 atom stereocenters. The molecule has 1 amide bonds. The van der Waals surface area contributed by atoms with Gasteiger partial charge in [-0.25, -0.2) is 0 Å². The Bertz CT molecular complexity index is 1070. The van der Waals surface area contributed by atoms with Gasteiger partial charge in [0.15, 0.2) is 0 Å². The fraction of sp³-hybridized carbons (Fsp3) is 0.407. The van der Waals surface area contributed by atoms with E-state index in [1.54, 1.807) is 6.07 Å². The molecule has 1 aliphatic carbocycles. The van der Waals surface area contributed by atoms with Crippen LogP contribution >= 0.6 is 0 Å². The number of carbonyl (C=O) groups is 1. The second-order valence-corrected chi connectivity index (χ2v) is 8.64. The second-order valence-electron chi connectivity index (χ2n) is 8.64. The number of nitrogens with one attached hydrogen (secondary N) is 1. The molecule has 1 aromatic heterocycles. The molecule has 4 rings (SSSR count). The Morgan fingerprint density at radius 1 is 1.00 bits per heavy atom. The highest BCUT2D eigenvalue weighted by Crippen LogP contribution is 2.24. The largest absolute Gasteiger partial charge is 0.494 e. The number of hydrogen-bond donors (Lipinski definition) is 1. The monoisotopic (exact) mass is 432 g/mol. The van der Waals surface area contributed by atoms with Crippen molar-refractivity contribution in [2.24, 2.45) is 0 Å². The molecular formula is C27H32N2O3. The van der Waals surface area contributed by atoms with Gasteiger partial charge in [0.05, 0.1) is 6.61 Å². The van der Waals surface area contributed by atoms with E-state index in [1.165, 1.54) is 30.9 Å². The minimum Gasteiger partial charge on any atom is -0.494 e. The fourth-order valence-corrected chi connectivity index (χ4v) is 4.58. The highest BCUT2D eigenvalue weighted by Gasteiger charge is 2.24. The standard InChI is InChI=1S/C27H32N2O3/c30-26-16-13-22-20-24(14-15-25(22)28-26)32-19-7-12-27(31)29(23-10-5-2-6-11-23)18-17-21-8-3-1-4-9-21/h1,3-4,8-9,13-16,20,23H,2,5-7,10-12,17-19H2,(H,28,30). The van der Waals surface area contributed by atoms with Crippen LogP contribution in [0.4, 0.5) is 0 Å². The molecule has 5 heteroatoms. The van der Waals surface area contributed by atoms with Crippen molar-refractivity contribution in [3.63, 3.8) is 0 Å². The van der Waals surface area contributed by atoms with E-state index in [-0.39, 0.29) is 11.5 Å². The van der Waals surface area contributed by atoms with Crippen LogP contribution in [0.2, 0.25) is 0 Å². The van der Waals surface area contributed by atoms with Crippen molar-refractivity contribution in [1.29, 1.82) is 0 Å². The number of aromatic amines is 1. The third-order valence-corrected chi connectivity index (χ3v) is 6.32. The Labute approximate surface area is 189 Å². The zero-order valence-electron chi connectivity index (χ0n) is 18.6. The highest BCUT2D eigenvalue weighted by atomic mass is 16.5. The molecule has 0 radical (unpaired) electrons. The molecule has 1 heterocycles. The van der Waals surface area contributed by atoms with Gasteiger partial charge in [-0.05, 0) is 55.5 Å². The summed E-state index contributed by atoms with van der Waals surface area (Å²) in [7, 11) is 0. The second kappa shape index (κ2) is 11.0. The van der Waals surface area contributed by atoms with E-state index in [2.05, 4.69) is 34.1 Å². The van der Waals surface area contributed by atoms with Crippen LogP contribution in [0.25, 0.3) is 10.9 Å². The lowest BCUT2D eigenvalue weighted by Crippen LogP contribution is -2.42. The van der Waals surface area contributed by atoms with Crippen LogP contribution in [-0.2, 0) is 11.2 Å². The Kier molecular flexibility index (Phi) is 7.59. The van der Waals surface area contributed by atoms with Gasteiger partial charge in [-0.2, -0.15) is 0 Å². The maximum Gasteiger partial charge on any atom is 0.248 e. The first kappa shape index (κ1) is 22.1. The lowest BCUT2D eigenvalue weighted by atomic mass is 9.93. The lowest BCUT2D eigenvalue weighted by molar-refractivity contribution is -0.134. The van der Waals surface area contributed by atoms with Crippen LogP contribution in [0.15, 0.2) is 65.5 Å². The quantitative estimate of drug-likeness (QED) is 0.479. The number of H-pyrrole nitrogens is 1. The number of benzene rings is 2. The molecule has 1 N–H and O–H groups in total. The Hall–Kier alpha value is -3.08. The average molecular weight is 433 g/mol. The van der Waals surface area contributed by atoms with Crippen molar-refractivity contribution < 1.29 is 9.53 Å². The highest BCUT2D eigenvalue weighted by molar-refractivity contribution is 5.79. The number of pyridine rings is 1. The minimum absolute atomic E-state index is 0.112. The molecule has 0 bridgehead atoms. The Morgan fingerprint density at radius 3 is 2.62 bits per heavy atom. The summed E-state index contributed by atoms with van der Waals surface area (Å²) in [5.41, 5.74) is 1.96. The Morgan fingerprint density at radius 2 is 1.81 bits per heavy atom. The van der Waals surface area contributed by atoms with Gasteiger partial charge in [-0.3, -0.25) is 9.59 Å². The zero-order chi connectivity index (χ0) is 22.2. The summed E-state index contributed by atoms with van der Waals surface area (Å²) < 4.78 is 5.89. The van der Waals surface area contributed by atoms with Gasteiger partial charge in [0.25, 0.3) is 0 Å². The number of amides is 1. The number of ether oxygens (including phenoxy) is 1. The van der Waals surface area contributed by atoms with E-state index in [0.717, 1.165) is 42.5 Å². The first-order chi connectivity index (χ1) is 15.7. The molecule has 0 spiro atoms. The van der Waals surface area contributed by atoms with Crippen molar-refractivity contribution >= 4 is 16.8 Å². The van der Waals surface area contributed by atoms with Crippen LogP contribution in [-0.4, -0.2) is 35.0 Å². The summed E-state index contributed by atoms with van der Waals surface area (Å²) in [5, 5.41) is 0.933. The van der Waals surface area contributed by atoms with Gasteiger partial charge in [0.1, 0.15) is 5.75 Å². The molecule has 32 heavy (non-hydrogen) atoms. The molecule has 0 unspecified atom stereocenters. The molecule has 1 aliphatic rings. The van der Waals surface area contributed by atoms with Crippen LogP contribution in [0, 0.1) is 0 Å². The first-order valence-corrected chi connectivity index (χ1v) is 11.8. The third-order valence-electron chi connectivity index (χ3n) is 6.32. The van der Waals surface area contributed by atoms with E-state index in [9.17, 15) is 9.59 Å². The fourth-order valence-electron chi connectivity index (χ4n) is 4.58. The van der Waals surface area contributed by atoms with Crippen LogP contribution in [0.1, 0.15) is 50.5 Å². The maximum absolute atomic E-state index is 13.1. The lowest BCUT2D eigenvalue weighted by Gasteiger charge is -2.34. The molecule has 5 nitrogen and oxygen atoms in total. The van der Waals surface area contributed by atoms with Gasteiger partial charge in [-0.15, -0.1) is 0 Å². The van der Waals surface area contributed by atoms with E-state index < -0.39 is 0 Å². The smallest absolute Gasteiger partial charge is 0.248 e. The average Bonchev–Trinajstić information content (AvgIpc) is 2.83. The van der Waals surface area contributed by atoms with Gasteiger partial charge in [0, 0.05) is 36.0 Å². The molecule has 3 aromatic rings. The number of nitrogens with zero attached hydrogens (tertiary/aromatic N) is 1. The van der Waals surface area contributed by atoms with Crippen LogP contribution in [0.5, 0.6) is 5.75 Å². The number of rotatable bonds is 9. The number of hydrogen-bond acceptors (Lipinski definition) is 3. The van der Waals surface area contributed by atoms with Crippen molar-refractivity contribution in [3.05, 3.63) is 76.6 Å². The summed E-state index contributed by atoms with van der Waals surface area (Å²) >= 11 is 0. The van der Waals surface area contributed by atoms with Crippen LogP contribution in [0.3, 0.4) is 0 Å². The molecular weight excluding hydrogens is 400 g/mol. The normalized spacial score (nSPS) is 14.4. The number of carbonyl (C=O) groups excluding carboxylic acids is 1. The predicted molar refractivity (Wildman–Crippen MR) is 128 cm³/mol. The van der Waals surface area contributed by atoms with Crippen molar-refractivity contribution in [1.82, 2.24) is 9.88 Å². The summed E-state index contributed by atoms with van der Waals surface area (Å²) in [5.74, 6) is 0.998. The summed E-state index contributed by atoms with van der Waals surface area (Å²) in [6, 6.07) is 19.7. The van der Waals surface area contributed by atoms with Crippen molar-refractivity contribution in [2.45, 2.75) is 57.4 Å². The first-order valence-electron chi connectivity index (χ1n) is 11.8. The maximum atomic E-state index is 13.1. The van der Waals surface area contributed by atoms with E-state index in [0.29, 0.717) is 25.5 Å². The van der Waals surface area contributed by atoms with Gasteiger partial charge < -0.3 is 14.6 Å². The summed E-state index contributed by atoms with van der Waals surface area (Å²) in [4.78, 5) is 29.5. The molecule has 1 saturated carbocycles. The molecule has 0 aliphatic heterocycles. The van der Waals surface area contributed by atoms with Gasteiger partial charge in [0.2, 0.25) is 11.5 Å².